The van der Waals surface area contributed by atoms with Crippen molar-refractivity contribution < 1.29 is 24.2 Å². The van der Waals surface area contributed by atoms with E-state index in [4.69, 9.17) is 9.78 Å². The normalized spacial score (nSPS) is 11.7. The van der Waals surface area contributed by atoms with Gasteiger partial charge < -0.3 is 15.2 Å². The van der Waals surface area contributed by atoms with Crippen molar-refractivity contribution in [3.8, 4) is 0 Å². The summed E-state index contributed by atoms with van der Waals surface area (Å²) in [5.74, 6) is -1.21. The molecule has 1 aromatic heterocycles. The summed E-state index contributed by atoms with van der Waals surface area (Å²) in [4.78, 5) is 53.3. The third-order valence-corrected chi connectivity index (χ3v) is 5.53. The van der Waals surface area contributed by atoms with E-state index in [0.29, 0.717) is 18.8 Å². The number of aromatic amines is 1. The standard InChI is InChI=1S/C27H33N3O5/c1-3-16-30(17-4-2)27(33)23(14-15-25(31)35-34-19-20-10-6-5-7-11-20)29-26(32)24-18-21-12-8-9-13-22(21)28-24/h5-13,18,23,28H,3-4,14-17,19H2,1-2H3,(H,29,32). The van der Waals surface area contributed by atoms with Crippen LogP contribution in [0.25, 0.3) is 10.9 Å². The Hall–Kier alpha value is -3.65. The second kappa shape index (κ2) is 13.3. The first kappa shape index (κ1) is 26.0. The van der Waals surface area contributed by atoms with Crippen LogP contribution in [-0.4, -0.2) is 46.8 Å². The maximum absolute atomic E-state index is 13.3. The molecule has 3 aromatic rings. The van der Waals surface area contributed by atoms with Gasteiger partial charge in [0, 0.05) is 24.0 Å². The highest BCUT2D eigenvalue weighted by Crippen LogP contribution is 2.15. The van der Waals surface area contributed by atoms with Gasteiger partial charge in [-0.05, 0) is 37.0 Å². The molecule has 8 nitrogen and oxygen atoms in total. The Morgan fingerprint density at radius 2 is 1.66 bits per heavy atom. The molecule has 3 rings (SSSR count). The molecule has 0 bridgehead atoms. The van der Waals surface area contributed by atoms with Crippen molar-refractivity contribution in [2.45, 2.75) is 52.2 Å². The number of carbonyl (C=O) groups excluding carboxylic acids is 3. The minimum absolute atomic E-state index is 0.0791. The number of benzene rings is 2. The Morgan fingerprint density at radius 1 is 0.971 bits per heavy atom. The maximum Gasteiger partial charge on any atom is 0.342 e. The number of nitrogens with one attached hydrogen (secondary N) is 2. The lowest BCUT2D eigenvalue weighted by molar-refractivity contribution is -0.280. The van der Waals surface area contributed by atoms with Crippen molar-refractivity contribution in [2.24, 2.45) is 0 Å². The van der Waals surface area contributed by atoms with Crippen molar-refractivity contribution in [3.63, 3.8) is 0 Å². The lowest BCUT2D eigenvalue weighted by atomic mass is 10.1. The van der Waals surface area contributed by atoms with Crippen molar-refractivity contribution in [3.05, 3.63) is 71.9 Å². The molecule has 0 aliphatic carbocycles. The SMILES string of the molecule is CCCN(CCC)C(=O)C(CCC(=O)OOCc1ccccc1)NC(=O)c1cc2ccccc2[nH]1. The molecule has 8 heteroatoms. The summed E-state index contributed by atoms with van der Waals surface area (Å²) in [7, 11) is 0. The summed E-state index contributed by atoms with van der Waals surface area (Å²) in [5, 5.41) is 3.72. The molecule has 1 unspecified atom stereocenters. The second-order valence-electron chi connectivity index (χ2n) is 8.36. The van der Waals surface area contributed by atoms with E-state index in [9.17, 15) is 14.4 Å². The van der Waals surface area contributed by atoms with Gasteiger partial charge in [-0.15, -0.1) is 0 Å². The molecule has 186 valence electrons. The zero-order valence-corrected chi connectivity index (χ0v) is 20.3. The van der Waals surface area contributed by atoms with Crippen LogP contribution in [0.1, 0.15) is 55.6 Å². The Morgan fingerprint density at radius 3 is 2.34 bits per heavy atom. The average molecular weight is 480 g/mol. The Labute approximate surface area is 205 Å². The fourth-order valence-corrected chi connectivity index (χ4v) is 3.82. The molecule has 2 amide bonds. The molecule has 0 spiro atoms. The van der Waals surface area contributed by atoms with Gasteiger partial charge >= 0.3 is 5.97 Å². The van der Waals surface area contributed by atoms with E-state index in [1.807, 2.05) is 68.4 Å². The summed E-state index contributed by atoms with van der Waals surface area (Å²) < 4.78 is 0. The number of aromatic nitrogens is 1. The maximum atomic E-state index is 13.3. The molecule has 2 N–H and O–H groups in total. The Kier molecular flexibility index (Phi) is 9.86. The van der Waals surface area contributed by atoms with Crippen LogP contribution in [0.4, 0.5) is 0 Å². The number of rotatable bonds is 13. The first-order chi connectivity index (χ1) is 17.0. The molecule has 0 radical (unpaired) electrons. The Bertz CT molecular complexity index is 1070. The quantitative estimate of drug-likeness (QED) is 0.280. The largest absolute Gasteiger partial charge is 0.351 e. The summed E-state index contributed by atoms with van der Waals surface area (Å²) in [5.41, 5.74) is 2.06. The third kappa shape index (κ3) is 7.68. The lowest BCUT2D eigenvalue weighted by Crippen LogP contribution is -2.49. The van der Waals surface area contributed by atoms with Gasteiger partial charge in [0.2, 0.25) is 5.91 Å². The third-order valence-electron chi connectivity index (χ3n) is 5.53. The highest BCUT2D eigenvalue weighted by Gasteiger charge is 2.27. The molecule has 35 heavy (non-hydrogen) atoms. The van der Waals surface area contributed by atoms with E-state index < -0.39 is 17.9 Å². The predicted octanol–water partition coefficient (Wildman–Crippen LogP) is 4.37. The van der Waals surface area contributed by atoms with Gasteiger partial charge in [0.05, 0.1) is 6.42 Å². The monoisotopic (exact) mass is 479 g/mol. The molecule has 0 aliphatic rings. The number of hydrogen-bond donors (Lipinski definition) is 2. The van der Waals surface area contributed by atoms with Gasteiger partial charge in [-0.1, -0.05) is 62.4 Å². The van der Waals surface area contributed by atoms with Crippen LogP contribution in [0.2, 0.25) is 0 Å². The van der Waals surface area contributed by atoms with E-state index in [-0.39, 0.29) is 25.4 Å². The van der Waals surface area contributed by atoms with Crippen LogP contribution >= 0.6 is 0 Å². The van der Waals surface area contributed by atoms with Gasteiger partial charge in [0.1, 0.15) is 18.3 Å². The van der Waals surface area contributed by atoms with Crippen LogP contribution in [-0.2, 0) is 26.0 Å². The van der Waals surface area contributed by atoms with E-state index in [1.165, 1.54) is 0 Å². The van der Waals surface area contributed by atoms with Crippen LogP contribution in [0.3, 0.4) is 0 Å². The number of nitrogens with zero attached hydrogens (tertiary/aromatic N) is 1. The van der Waals surface area contributed by atoms with Gasteiger partial charge in [0.15, 0.2) is 0 Å². The highest BCUT2D eigenvalue weighted by atomic mass is 17.2. The topological polar surface area (TPSA) is 101 Å². The first-order valence-electron chi connectivity index (χ1n) is 12.1. The van der Waals surface area contributed by atoms with Gasteiger partial charge in [0.25, 0.3) is 5.91 Å². The molecule has 0 aliphatic heterocycles. The molecule has 0 fully saturated rings. The molecule has 0 saturated heterocycles. The molecule has 1 heterocycles. The molecule has 1 atom stereocenters. The first-order valence-corrected chi connectivity index (χ1v) is 12.1. The highest BCUT2D eigenvalue weighted by molar-refractivity contribution is 6.00. The summed E-state index contributed by atoms with van der Waals surface area (Å²) in [6.07, 6.45) is 1.61. The van der Waals surface area contributed by atoms with E-state index in [0.717, 1.165) is 29.3 Å². The molecular formula is C27H33N3O5. The van der Waals surface area contributed by atoms with Crippen molar-refractivity contribution in [1.82, 2.24) is 15.2 Å². The van der Waals surface area contributed by atoms with Crippen LogP contribution < -0.4 is 5.32 Å². The molecular weight excluding hydrogens is 446 g/mol. The van der Waals surface area contributed by atoms with E-state index in [2.05, 4.69) is 10.3 Å². The predicted molar refractivity (Wildman–Crippen MR) is 133 cm³/mol. The van der Waals surface area contributed by atoms with Gasteiger partial charge in [-0.3, -0.25) is 14.5 Å². The smallest absolute Gasteiger partial charge is 0.342 e. The summed E-state index contributed by atoms with van der Waals surface area (Å²) >= 11 is 0. The number of H-pyrrole nitrogens is 1. The number of fused-ring (bicyclic) bond motifs is 1. The second-order valence-corrected chi connectivity index (χ2v) is 8.36. The minimum atomic E-state index is -0.867. The number of para-hydroxylation sites is 1. The lowest BCUT2D eigenvalue weighted by Gasteiger charge is -2.27. The summed E-state index contributed by atoms with van der Waals surface area (Å²) in [6.45, 7) is 5.28. The van der Waals surface area contributed by atoms with E-state index >= 15 is 0 Å². The fourth-order valence-electron chi connectivity index (χ4n) is 3.82. The average Bonchev–Trinajstić information content (AvgIpc) is 3.31. The van der Waals surface area contributed by atoms with E-state index in [1.54, 1.807) is 11.0 Å². The fraction of sp³-hybridized carbons (Fsp3) is 0.370. The number of carbonyl (C=O) groups is 3. The molecule has 2 aromatic carbocycles. The van der Waals surface area contributed by atoms with Crippen molar-refractivity contribution in [2.75, 3.05) is 13.1 Å². The zero-order chi connectivity index (χ0) is 25.0. The van der Waals surface area contributed by atoms with Crippen LogP contribution in [0.5, 0.6) is 0 Å². The summed E-state index contributed by atoms with van der Waals surface area (Å²) in [6, 6.07) is 17.8. The van der Waals surface area contributed by atoms with Crippen LogP contribution in [0, 0.1) is 0 Å². The molecule has 0 saturated carbocycles. The minimum Gasteiger partial charge on any atom is -0.351 e. The Balaban J connectivity index is 1.63. The zero-order valence-electron chi connectivity index (χ0n) is 20.3. The van der Waals surface area contributed by atoms with Gasteiger partial charge in [-0.25, -0.2) is 4.79 Å². The van der Waals surface area contributed by atoms with Crippen molar-refractivity contribution in [1.29, 1.82) is 0 Å². The van der Waals surface area contributed by atoms with Crippen molar-refractivity contribution >= 4 is 28.7 Å². The van der Waals surface area contributed by atoms with Gasteiger partial charge in [-0.2, -0.15) is 4.89 Å². The van der Waals surface area contributed by atoms with Crippen LogP contribution in [0.15, 0.2) is 60.7 Å². The number of hydrogen-bond acceptors (Lipinski definition) is 5. The number of amides is 2.